The van der Waals surface area contributed by atoms with E-state index in [9.17, 15) is 4.79 Å². The second kappa shape index (κ2) is 2.09. The SMILES string of the molecule is CC1N=C(C2CC2(C)C)NC1=O. The van der Waals surface area contributed by atoms with Crippen molar-refractivity contribution in [2.45, 2.75) is 33.2 Å². The predicted molar refractivity (Wildman–Crippen MR) is 46.9 cm³/mol. The Hall–Kier alpha value is -0.860. The molecule has 1 aliphatic carbocycles. The van der Waals surface area contributed by atoms with Crippen molar-refractivity contribution < 1.29 is 4.79 Å². The van der Waals surface area contributed by atoms with Gasteiger partial charge in [0.05, 0.1) is 0 Å². The van der Waals surface area contributed by atoms with Gasteiger partial charge in [-0.1, -0.05) is 13.8 Å². The van der Waals surface area contributed by atoms with E-state index in [2.05, 4.69) is 24.2 Å². The number of nitrogens with zero attached hydrogens (tertiary/aromatic N) is 1. The van der Waals surface area contributed by atoms with Gasteiger partial charge in [0.2, 0.25) is 5.91 Å². The molecule has 1 fully saturated rings. The fraction of sp³-hybridized carbons (Fsp3) is 0.778. The maximum Gasteiger partial charge on any atom is 0.249 e. The summed E-state index contributed by atoms with van der Waals surface area (Å²) in [6, 6.07) is -0.170. The lowest BCUT2D eigenvalue weighted by atomic mass is 10.1. The average Bonchev–Trinajstić information content (AvgIpc) is 2.45. The summed E-state index contributed by atoms with van der Waals surface area (Å²) >= 11 is 0. The molecule has 2 aliphatic rings. The number of amidine groups is 1. The van der Waals surface area contributed by atoms with Crippen LogP contribution in [0.5, 0.6) is 0 Å². The zero-order chi connectivity index (χ0) is 8.93. The topological polar surface area (TPSA) is 41.5 Å². The van der Waals surface area contributed by atoms with Crippen molar-refractivity contribution in [1.82, 2.24) is 5.32 Å². The summed E-state index contributed by atoms with van der Waals surface area (Å²) in [6.45, 7) is 6.24. The van der Waals surface area contributed by atoms with E-state index in [1.807, 2.05) is 6.92 Å². The molecule has 0 aromatic carbocycles. The van der Waals surface area contributed by atoms with Crippen LogP contribution < -0.4 is 5.32 Å². The Morgan fingerprint density at radius 2 is 2.17 bits per heavy atom. The molecule has 1 amide bonds. The van der Waals surface area contributed by atoms with Crippen molar-refractivity contribution >= 4 is 11.7 Å². The van der Waals surface area contributed by atoms with Crippen molar-refractivity contribution in [2.24, 2.45) is 16.3 Å². The molecule has 0 saturated heterocycles. The van der Waals surface area contributed by atoms with Crippen LogP contribution in [0.2, 0.25) is 0 Å². The fourth-order valence-corrected chi connectivity index (χ4v) is 1.64. The largest absolute Gasteiger partial charge is 0.312 e. The molecule has 1 saturated carbocycles. The Morgan fingerprint density at radius 1 is 1.58 bits per heavy atom. The number of carbonyl (C=O) groups excluding carboxylic acids is 1. The minimum atomic E-state index is -0.170. The van der Waals surface area contributed by atoms with Gasteiger partial charge in [-0.25, -0.2) is 0 Å². The molecule has 2 rings (SSSR count). The number of carbonyl (C=O) groups is 1. The van der Waals surface area contributed by atoms with Crippen molar-refractivity contribution in [3.63, 3.8) is 0 Å². The molecule has 2 atom stereocenters. The molecule has 1 aliphatic heterocycles. The Balaban J connectivity index is 2.09. The molecule has 0 radical (unpaired) electrons. The predicted octanol–water partition coefficient (Wildman–Crippen LogP) is 0.949. The lowest BCUT2D eigenvalue weighted by Crippen LogP contribution is -2.29. The van der Waals surface area contributed by atoms with Crippen LogP contribution in [0, 0.1) is 11.3 Å². The number of nitrogens with one attached hydrogen (secondary N) is 1. The van der Waals surface area contributed by atoms with Crippen molar-refractivity contribution in [3.8, 4) is 0 Å². The Morgan fingerprint density at radius 3 is 2.50 bits per heavy atom. The normalized spacial score (nSPS) is 37.6. The highest BCUT2D eigenvalue weighted by Gasteiger charge is 2.50. The summed E-state index contributed by atoms with van der Waals surface area (Å²) in [5.41, 5.74) is 0.357. The third kappa shape index (κ3) is 1.04. The standard InChI is InChI=1S/C9H14N2O/c1-5-8(12)11-7(10-5)6-4-9(6,2)3/h5-6H,4H2,1-3H3,(H,10,11,12). The van der Waals surface area contributed by atoms with Gasteiger partial charge in [0.1, 0.15) is 11.9 Å². The monoisotopic (exact) mass is 166 g/mol. The molecule has 0 aromatic heterocycles. The first-order chi connectivity index (χ1) is 5.50. The van der Waals surface area contributed by atoms with Gasteiger partial charge in [-0.15, -0.1) is 0 Å². The first-order valence-electron chi connectivity index (χ1n) is 4.39. The van der Waals surface area contributed by atoms with Crippen LogP contribution in [-0.4, -0.2) is 17.8 Å². The van der Waals surface area contributed by atoms with Crippen LogP contribution >= 0.6 is 0 Å². The third-order valence-electron chi connectivity index (χ3n) is 2.81. The average molecular weight is 166 g/mol. The Bertz CT molecular complexity index is 268. The summed E-state index contributed by atoms with van der Waals surface area (Å²) in [4.78, 5) is 15.4. The molecular formula is C9H14N2O. The quantitative estimate of drug-likeness (QED) is 0.619. The highest BCUT2D eigenvalue weighted by Crippen LogP contribution is 2.52. The molecule has 0 spiro atoms. The van der Waals surface area contributed by atoms with Gasteiger partial charge in [-0.2, -0.15) is 0 Å². The van der Waals surface area contributed by atoms with Gasteiger partial charge in [-0.3, -0.25) is 9.79 Å². The number of hydrogen-bond acceptors (Lipinski definition) is 2. The highest BCUT2D eigenvalue weighted by molar-refractivity contribution is 6.07. The fourth-order valence-electron chi connectivity index (χ4n) is 1.64. The number of aliphatic imine (C=N–C) groups is 1. The lowest BCUT2D eigenvalue weighted by Gasteiger charge is -2.01. The first kappa shape index (κ1) is 7.77. The van der Waals surface area contributed by atoms with Crippen LogP contribution in [0.1, 0.15) is 27.2 Å². The van der Waals surface area contributed by atoms with Crippen LogP contribution in [0.25, 0.3) is 0 Å². The van der Waals surface area contributed by atoms with Gasteiger partial charge in [0.25, 0.3) is 0 Å². The van der Waals surface area contributed by atoms with Crippen molar-refractivity contribution in [3.05, 3.63) is 0 Å². The van der Waals surface area contributed by atoms with E-state index in [0.29, 0.717) is 11.3 Å². The Kier molecular flexibility index (Phi) is 1.35. The van der Waals surface area contributed by atoms with Crippen molar-refractivity contribution in [1.29, 1.82) is 0 Å². The van der Waals surface area contributed by atoms with Gasteiger partial charge < -0.3 is 5.32 Å². The molecule has 1 N–H and O–H groups in total. The zero-order valence-electron chi connectivity index (χ0n) is 7.72. The van der Waals surface area contributed by atoms with Gasteiger partial charge >= 0.3 is 0 Å². The zero-order valence-corrected chi connectivity index (χ0v) is 7.72. The van der Waals surface area contributed by atoms with Crippen LogP contribution in [0.4, 0.5) is 0 Å². The molecule has 3 nitrogen and oxygen atoms in total. The van der Waals surface area contributed by atoms with Crippen LogP contribution in [0.15, 0.2) is 4.99 Å². The summed E-state index contributed by atoms with van der Waals surface area (Å²) in [7, 11) is 0. The second-order valence-electron chi connectivity index (χ2n) is 4.42. The molecule has 0 bridgehead atoms. The minimum absolute atomic E-state index is 0.0488. The van der Waals surface area contributed by atoms with E-state index < -0.39 is 0 Å². The van der Waals surface area contributed by atoms with E-state index in [1.165, 1.54) is 0 Å². The van der Waals surface area contributed by atoms with E-state index in [0.717, 1.165) is 12.3 Å². The smallest absolute Gasteiger partial charge is 0.249 e. The van der Waals surface area contributed by atoms with Crippen LogP contribution in [-0.2, 0) is 4.79 Å². The van der Waals surface area contributed by atoms with E-state index in [1.54, 1.807) is 0 Å². The second-order valence-corrected chi connectivity index (χ2v) is 4.42. The highest BCUT2D eigenvalue weighted by atomic mass is 16.2. The molecule has 3 heteroatoms. The number of rotatable bonds is 1. The first-order valence-corrected chi connectivity index (χ1v) is 4.39. The van der Waals surface area contributed by atoms with Gasteiger partial charge in [0, 0.05) is 5.92 Å². The number of hydrogen-bond donors (Lipinski definition) is 1. The lowest BCUT2D eigenvalue weighted by molar-refractivity contribution is -0.119. The van der Waals surface area contributed by atoms with Gasteiger partial charge in [0.15, 0.2) is 0 Å². The summed E-state index contributed by atoms with van der Waals surface area (Å²) < 4.78 is 0. The Labute approximate surface area is 72.3 Å². The molecule has 2 unspecified atom stereocenters. The van der Waals surface area contributed by atoms with E-state index in [4.69, 9.17) is 0 Å². The summed E-state index contributed by atoms with van der Waals surface area (Å²) in [5, 5.41) is 2.83. The molecule has 1 heterocycles. The summed E-state index contributed by atoms with van der Waals surface area (Å²) in [5.74, 6) is 1.46. The maximum absolute atomic E-state index is 11.1. The summed E-state index contributed by atoms with van der Waals surface area (Å²) in [6.07, 6.45) is 1.15. The maximum atomic E-state index is 11.1. The van der Waals surface area contributed by atoms with Gasteiger partial charge in [-0.05, 0) is 18.8 Å². The third-order valence-corrected chi connectivity index (χ3v) is 2.81. The minimum Gasteiger partial charge on any atom is -0.312 e. The molecular weight excluding hydrogens is 152 g/mol. The van der Waals surface area contributed by atoms with Crippen LogP contribution in [0.3, 0.4) is 0 Å². The van der Waals surface area contributed by atoms with E-state index >= 15 is 0 Å². The van der Waals surface area contributed by atoms with Crippen molar-refractivity contribution in [2.75, 3.05) is 0 Å². The molecule has 12 heavy (non-hydrogen) atoms. The van der Waals surface area contributed by atoms with E-state index in [-0.39, 0.29) is 11.9 Å². The molecule has 0 aromatic rings. The number of amides is 1. The molecule has 66 valence electrons.